The van der Waals surface area contributed by atoms with E-state index < -0.39 is 41.6 Å². The maximum Gasteiger partial charge on any atom is 2.00 e. The first-order chi connectivity index (χ1) is 8.00. The van der Waals surface area contributed by atoms with E-state index in [4.69, 9.17) is 70.1 Å². The molecule has 0 saturated heterocycles. The summed E-state index contributed by atoms with van der Waals surface area (Å²) in [6.45, 7) is 0. The van der Waals surface area contributed by atoms with Gasteiger partial charge < -0.3 is 36.4 Å². The Bertz CT molecular complexity index is 491. The topological polar surface area (TPSA) is 321 Å². The maximum atomic E-state index is 8.52. The number of rotatable bonds is 0. The second-order valence-corrected chi connectivity index (χ2v) is 4.90. The summed E-state index contributed by atoms with van der Waals surface area (Å²) in [5.41, 5.74) is 0. The predicted molar refractivity (Wildman–Crippen MR) is 47.7 cm³/mol. The van der Waals surface area contributed by atoms with Crippen LogP contribution in [-0.2, 0) is 91.9 Å². The molecule has 0 aromatic carbocycles. The average Bonchev–Trinajstić information content (AvgIpc) is 1.62. The van der Waals surface area contributed by atoms with Crippen LogP contribution in [0.25, 0.3) is 0 Å². The molecule has 0 amide bonds. The molecule has 0 aliphatic carbocycles. The third-order valence-corrected chi connectivity index (χ3v) is 0. The van der Waals surface area contributed by atoms with Gasteiger partial charge in [-0.05, 0) is 0 Å². The van der Waals surface area contributed by atoms with Crippen molar-refractivity contribution in [3.63, 3.8) is 0 Å². The Morgan fingerprint density at radius 1 is 0.417 bits per heavy atom. The first kappa shape index (κ1) is 50.1. The summed E-state index contributed by atoms with van der Waals surface area (Å²) < 4.78 is 136. The molecule has 0 heterocycles. The third kappa shape index (κ3) is 3950. The van der Waals surface area contributed by atoms with E-state index in [0.29, 0.717) is 0 Å². The smallest absolute Gasteiger partial charge is 0.759 e. The Balaban J connectivity index is -0.0000000225. The molecule has 148 valence electrons. The largest absolute Gasteiger partial charge is 2.00 e. The van der Waals surface area contributed by atoms with Crippen LogP contribution in [0.2, 0.25) is 0 Å². The van der Waals surface area contributed by atoms with Gasteiger partial charge in [-0.3, -0.25) is 33.7 Å². The Hall–Kier alpha value is 1.77. The van der Waals surface area contributed by atoms with Gasteiger partial charge in [0.1, 0.15) is 0 Å². The summed E-state index contributed by atoms with van der Waals surface area (Å²) in [5, 5.41) is 0. The first-order valence-electron chi connectivity index (χ1n) is 2.67. The van der Waals surface area contributed by atoms with Crippen LogP contribution in [0.5, 0.6) is 0 Å². The van der Waals surface area contributed by atoms with Gasteiger partial charge in [-0.2, -0.15) is 0 Å². The molecular formula is CoMgMnNiO16S4. The van der Waals surface area contributed by atoms with E-state index in [0.717, 1.165) is 0 Å². The van der Waals surface area contributed by atoms with E-state index in [1.807, 2.05) is 0 Å². The summed E-state index contributed by atoms with van der Waals surface area (Å²) in [6, 6.07) is 0. The molecule has 0 aliphatic rings. The van der Waals surface area contributed by atoms with E-state index in [9.17, 15) is 0 Å². The van der Waals surface area contributed by atoms with E-state index in [2.05, 4.69) is 0 Å². The molecule has 0 aliphatic heterocycles. The minimum absolute atomic E-state index is 0. The van der Waals surface area contributed by atoms with E-state index >= 15 is 0 Å². The molecule has 0 atom stereocenters. The van der Waals surface area contributed by atoms with Gasteiger partial charge in [0.2, 0.25) is 0 Å². The zero-order valence-corrected chi connectivity index (χ0v) is 17.8. The minimum atomic E-state index is -5.17. The molecule has 0 fully saturated rings. The monoisotopic (exact) mass is 580 g/mol. The van der Waals surface area contributed by atoms with Crippen molar-refractivity contribution in [1.82, 2.24) is 0 Å². The predicted octanol–water partition coefficient (Wildman–Crippen LogP) is -5.74. The van der Waals surface area contributed by atoms with Gasteiger partial charge in [-0.15, -0.1) is 0 Å². The minimum Gasteiger partial charge on any atom is -0.759 e. The molecule has 0 aromatic rings. The molecule has 0 saturated carbocycles. The van der Waals surface area contributed by atoms with Crippen LogP contribution < -0.4 is 0 Å². The molecule has 24 heavy (non-hydrogen) atoms. The van der Waals surface area contributed by atoms with Gasteiger partial charge in [-0.1, -0.05) is 0 Å². The molecule has 16 nitrogen and oxygen atoms in total. The Labute approximate surface area is 183 Å². The fourth-order valence-electron chi connectivity index (χ4n) is 0. The molecule has 0 unspecified atom stereocenters. The SMILES string of the molecule is O=S(=O)([O-])[O-].O=S(=O)([O-])[O-].O=S(=O)([O-])[O-].O=S(=O)([O-])[O-].[Co+2].[Mg+2].[Mn+2].[Ni+2]. The molecule has 0 bridgehead atoms. The van der Waals surface area contributed by atoms with Crippen LogP contribution >= 0.6 is 0 Å². The fourth-order valence-corrected chi connectivity index (χ4v) is 0. The van der Waals surface area contributed by atoms with Crippen molar-refractivity contribution in [2.45, 2.75) is 0 Å². The van der Waals surface area contributed by atoms with Crippen LogP contribution in [-0.4, -0.2) is 93.1 Å². The first-order valence-corrected chi connectivity index (χ1v) is 8.00. The van der Waals surface area contributed by atoms with Crippen LogP contribution in [0.1, 0.15) is 0 Å². The van der Waals surface area contributed by atoms with Crippen molar-refractivity contribution in [2.24, 2.45) is 0 Å². The third-order valence-electron chi connectivity index (χ3n) is 0. The van der Waals surface area contributed by atoms with E-state index in [1.54, 1.807) is 0 Å². The van der Waals surface area contributed by atoms with Gasteiger partial charge in [-0.25, -0.2) is 0 Å². The Morgan fingerprint density at radius 2 is 0.417 bits per heavy atom. The molecule has 24 heteroatoms. The van der Waals surface area contributed by atoms with Crippen molar-refractivity contribution in [1.29, 1.82) is 0 Å². The van der Waals surface area contributed by atoms with Gasteiger partial charge in [0.05, 0.1) is 0 Å². The summed E-state index contributed by atoms with van der Waals surface area (Å²) in [7, 11) is -20.7. The standard InChI is InChI=1S/Co.Mg.Mn.Ni.4H2O4S/c;;;;4*1-5(2,3)4/h;;;;4*(H2,1,2,3,4)/q4*+2;;;;/p-8. The molecule has 0 N–H and O–H groups in total. The van der Waals surface area contributed by atoms with Gasteiger partial charge in [0.15, 0.2) is 0 Å². The van der Waals surface area contributed by atoms with Crippen LogP contribution in [0.4, 0.5) is 0 Å². The molecule has 0 rings (SSSR count). The molecular weight excluding hydrogens is 581 g/mol. The van der Waals surface area contributed by atoms with Crippen molar-refractivity contribution < 1.29 is 120 Å². The summed E-state index contributed by atoms with van der Waals surface area (Å²) in [5.74, 6) is 0. The van der Waals surface area contributed by atoms with Gasteiger partial charge in [0, 0.05) is 41.6 Å². The van der Waals surface area contributed by atoms with Crippen molar-refractivity contribution in [3.05, 3.63) is 0 Å². The van der Waals surface area contributed by atoms with Crippen molar-refractivity contribution in [3.8, 4) is 0 Å². The average molecular weight is 581 g/mol. The normalized spacial score (nSPS) is 9.67. The van der Waals surface area contributed by atoms with Crippen LogP contribution in [0.15, 0.2) is 0 Å². The van der Waals surface area contributed by atoms with Crippen molar-refractivity contribution >= 4 is 64.6 Å². The maximum absolute atomic E-state index is 8.52. The van der Waals surface area contributed by atoms with E-state index in [1.165, 1.54) is 0 Å². The molecule has 2 radical (unpaired) electrons. The summed E-state index contributed by atoms with van der Waals surface area (Å²) >= 11 is 0. The zero-order chi connectivity index (χ0) is 18.0. The van der Waals surface area contributed by atoms with Crippen LogP contribution in [0, 0.1) is 0 Å². The fraction of sp³-hybridized carbons (Fsp3) is 0. The van der Waals surface area contributed by atoms with Gasteiger partial charge >= 0.3 is 73.4 Å². The second kappa shape index (κ2) is 21.1. The molecule has 0 aromatic heterocycles. The second-order valence-electron chi connectivity index (χ2n) is 1.63. The quantitative estimate of drug-likeness (QED) is 0.146. The molecule has 0 spiro atoms. The van der Waals surface area contributed by atoms with Gasteiger partial charge in [0.25, 0.3) is 0 Å². The zero-order valence-electron chi connectivity index (χ0n) is 9.90. The van der Waals surface area contributed by atoms with Crippen LogP contribution in [0.3, 0.4) is 0 Å². The summed E-state index contributed by atoms with van der Waals surface area (Å²) in [4.78, 5) is 0. The van der Waals surface area contributed by atoms with E-state index in [-0.39, 0.29) is 73.4 Å². The number of hydrogen-bond acceptors (Lipinski definition) is 16. The Kier molecular flexibility index (Phi) is 44.0. The Morgan fingerprint density at radius 3 is 0.417 bits per heavy atom. The number of hydrogen-bond donors (Lipinski definition) is 0. The summed E-state index contributed by atoms with van der Waals surface area (Å²) in [6.07, 6.45) is 0. The van der Waals surface area contributed by atoms with Crippen molar-refractivity contribution in [2.75, 3.05) is 0 Å².